The van der Waals surface area contributed by atoms with Gasteiger partial charge in [-0.25, -0.2) is 8.42 Å². The van der Waals surface area contributed by atoms with Gasteiger partial charge in [0, 0.05) is 19.1 Å². The zero-order chi connectivity index (χ0) is 14.0. The Bertz CT molecular complexity index is 542. The zero-order valence-corrected chi connectivity index (χ0v) is 12.6. The van der Waals surface area contributed by atoms with Crippen molar-refractivity contribution in [3.05, 3.63) is 29.8 Å². The highest BCUT2D eigenvalue weighted by Crippen LogP contribution is 2.30. The number of hydrogen-bond donors (Lipinski definition) is 1. The van der Waals surface area contributed by atoms with Gasteiger partial charge >= 0.3 is 0 Å². The maximum Gasteiger partial charge on any atom is 0.243 e. The summed E-state index contributed by atoms with van der Waals surface area (Å²) in [6.07, 6.45) is 0.938. The molecule has 1 fully saturated rings. The van der Waals surface area contributed by atoms with Crippen LogP contribution in [0.5, 0.6) is 0 Å². The van der Waals surface area contributed by atoms with Crippen LogP contribution in [0, 0.1) is 5.92 Å². The van der Waals surface area contributed by atoms with E-state index in [0.717, 1.165) is 12.0 Å². The van der Waals surface area contributed by atoms with E-state index in [1.165, 1.54) is 0 Å². The van der Waals surface area contributed by atoms with Gasteiger partial charge in [-0.3, -0.25) is 0 Å². The molecule has 0 amide bonds. The molecule has 0 spiro atoms. The number of rotatable bonds is 4. The van der Waals surface area contributed by atoms with Crippen LogP contribution in [0.15, 0.2) is 29.2 Å². The van der Waals surface area contributed by atoms with Crippen molar-refractivity contribution in [2.45, 2.75) is 37.8 Å². The molecule has 0 radical (unpaired) electrons. The molecule has 0 saturated carbocycles. The molecule has 1 aromatic carbocycles. The first-order chi connectivity index (χ1) is 8.96. The fraction of sp³-hybridized carbons (Fsp3) is 0.571. The number of hydrogen-bond acceptors (Lipinski definition) is 3. The van der Waals surface area contributed by atoms with Crippen LogP contribution in [-0.4, -0.2) is 32.4 Å². The van der Waals surface area contributed by atoms with Gasteiger partial charge in [0.25, 0.3) is 0 Å². The van der Waals surface area contributed by atoms with E-state index in [4.69, 9.17) is 0 Å². The average Bonchev–Trinajstić information content (AvgIpc) is 2.70. The van der Waals surface area contributed by atoms with Crippen molar-refractivity contribution in [2.24, 2.45) is 5.92 Å². The van der Waals surface area contributed by atoms with Crippen LogP contribution in [-0.2, 0) is 16.6 Å². The van der Waals surface area contributed by atoms with Crippen molar-refractivity contribution < 1.29 is 8.42 Å². The summed E-state index contributed by atoms with van der Waals surface area (Å²) < 4.78 is 27.2. The minimum absolute atomic E-state index is 0.0858. The quantitative estimate of drug-likeness (QED) is 0.916. The first-order valence-electron chi connectivity index (χ1n) is 6.71. The first kappa shape index (κ1) is 14.5. The molecule has 1 N–H and O–H groups in total. The van der Waals surface area contributed by atoms with Crippen LogP contribution >= 0.6 is 0 Å². The van der Waals surface area contributed by atoms with Crippen LogP contribution in [0.2, 0.25) is 0 Å². The lowest BCUT2D eigenvalue weighted by atomic mass is 10.1. The number of sulfonamides is 1. The largest absolute Gasteiger partial charge is 0.316 e. The zero-order valence-electron chi connectivity index (χ0n) is 11.8. The molecule has 1 saturated heterocycles. The van der Waals surface area contributed by atoms with Crippen LogP contribution in [0.1, 0.15) is 25.8 Å². The second-order valence-corrected chi connectivity index (χ2v) is 7.26. The summed E-state index contributed by atoms with van der Waals surface area (Å²) >= 11 is 0. The molecule has 2 atom stereocenters. The highest BCUT2D eigenvalue weighted by atomic mass is 32.2. The molecule has 1 aliphatic heterocycles. The third-order valence-corrected chi connectivity index (χ3v) is 5.73. The Balaban J connectivity index is 2.40. The highest BCUT2D eigenvalue weighted by Gasteiger charge is 2.36. The van der Waals surface area contributed by atoms with Crippen molar-refractivity contribution in [3.63, 3.8) is 0 Å². The molecule has 5 heteroatoms. The number of nitrogens with one attached hydrogen (secondary N) is 1. The molecule has 1 aliphatic rings. The Hall–Kier alpha value is -0.910. The highest BCUT2D eigenvalue weighted by molar-refractivity contribution is 7.89. The van der Waals surface area contributed by atoms with Crippen LogP contribution in [0.25, 0.3) is 0 Å². The lowest BCUT2D eigenvalue weighted by Crippen LogP contribution is -2.34. The van der Waals surface area contributed by atoms with Crippen LogP contribution in [0.4, 0.5) is 0 Å². The minimum atomic E-state index is -3.38. The van der Waals surface area contributed by atoms with Gasteiger partial charge in [0.1, 0.15) is 0 Å². The molecule has 1 aromatic rings. The molecule has 2 rings (SSSR count). The fourth-order valence-electron chi connectivity index (χ4n) is 2.81. The Labute approximate surface area is 115 Å². The third-order valence-electron chi connectivity index (χ3n) is 3.65. The van der Waals surface area contributed by atoms with Crippen molar-refractivity contribution in [1.29, 1.82) is 0 Å². The molecule has 1 heterocycles. The summed E-state index contributed by atoms with van der Waals surface area (Å²) in [5.74, 6) is 0.432. The van der Waals surface area contributed by atoms with Gasteiger partial charge in [-0.1, -0.05) is 25.1 Å². The van der Waals surface area contributed by atoms with E-state index in [1.807, 2.05) is 26.1 Å². The standard InChI is InChI=1S/C14H22N2O2S/c1-11-8-12(2)16(10-11)19(17,18)14-7-5-4-6-13(14)9-15-3/h4-7,11-12,15H,8-10H2,1-3H3. The van der Waals surface area contributed by atoms with E-state index < -0.39 is 10.0 Å². The first-order valence-corrected chi connectivity index (χ1v) is 8.15. The van der Waals surface area contributed by atoms with Crippen molar-refractivity contribution in [1.82, 2.24) is 9.62 Å². The summed E-state index contributed by atoms with van der Waals surface area (Å²) in [4.78, 5) is 0.435. The summed E-state index contributed by atoms with van der Waals surface area (Å²) in [6.45, 7) is 5.28. The SMILES string of the molecule is CNCc1ccccc1S(=O)(=O)N1CC(C)CC1C. The molecular weight excluding hydrogens is 260 g/mol. The normalized spacial score (nSPS) is 24.8. The van der Waals surface area contributed by atoms with Gasteiger partial charge in [-0.2, -0.15) is 4.31 Å². The second-order valence-electron chi connectivity index (χ2n) is 5.40. The lowest BCUT2D eigenvalue weighted by Gasteiger charge is -2.22. The van der Waals surface area contributed by atoms with Gasteiger partial charge in [-0.05, 0) is 37.9 Å². The lowest BCUT2D eigenvalue weighted by molar-refractivity contribution is 0.405. The summed E-state index contributed by atoms with van der Waals surface area (Å²) in [7, 11) is -1.56. The predicted molar refractivity (Wildman–Crippen MR) is 76.3 cm³/mol. The molecule has 0 aliphatic carbocycles. The topological polar surface area (TPSA) is 49.4 Å². The van der Waals surface area contributed by atoms with Gasteiger partial charge in [0.05, 0.1) is 4.90 Å². The third kappa shape index (κ3) is 2.83. The number of nitrogens with zero attached hydrogens (tertiary/aromatic N) is 1. The molecule has 19 heavy (non-hydrogen) atoms. The number of benzene rings is 1. The van der Waals surface area contributed by atoms with E-state index in [0.29, 0.717) is 23.9 Å². The fourth-order valence-corrected chi connectivity index (χ4v) is 4.80. The van der Waals surface area contributed by atoms with E-state index in [1.54, 1.807) is 16.4 Å². The molecule has 2 unspecified atom stereocenters. The van der Waals surface area contributed by atoms with Crippen molar-refractivity contribution in [2.75, 3.05) is 13.6 Å². The van der Waals surface area contributed by atoms with Crippen molar-refractivity contribution in [3.8, 4) is 0 Å². The smallest absolute Gasteiger partial charge is 0.243 e. The molecule has 0 aromatic heterocycles. The molecule has 0 bridgehead atoms. The van der Waals surface area contributed by atoms with E-state index in [9.17, 15) is 8.42 Å². The summed E-state index contributed by atoms with van der Waals surface area (Å²) in [5.41, 5.74) is 0.830. The van der Waals surface area contributed by atoms with Gasteiger partial charge in [0.15, 0.2) is 0 Å². The monoisotopic (exact) mass is 282 g/mol. The second kappa shape index (κ2) is 5.61. The van der Waals surface area contributed by atoms with Crippen molar-refractivity contribution >= 4 is 10.0 Å². The van der Waals surface area contributed by atoms with Crippen LogP contribution < -0.4 is 5.32 Å². The van der Waals surface area contributed by atoms with Gasteiger partial charge in [-0.15, -0.1) is 0 Å². The van der Waals surface area contributed by atoms with Gasteiger partial charge in [0.2, 0.25) is 10.0 Å². The maximum absolute atomic E-state index is 12.8. The maximum atomic E-state index is 12.8. The van der Waals surface area contributed by atoms with E-state index >= 15 is 0 Å². The van der Waals surface area contributed by atoms with Gasteiger partial charge < -0.3 is 5.32 Å². The average molecular weight is 282 g/mol. The minimum Gasteiger partial charge on any atom is -0.316 e. The molecular formula is C14H22N2O2S. The summed E-state index contributed by atoms with van der Waals surface area (Å²) in [5, 5.41) is 3.02. The Kier molecular flexibility index (Phi) is 4.28. The Morgan fingerprint density at radius 3 is 2.58 bits per heavy atom. The summed E-state index contributed by atoms with van der Waals surface area (Å²) in [6, 6.07) is 7.33. The Morgan fingerprint density at radius 1 is 1.32 bits per heavy atom. The van der Waals surface area contributed by atoms with E-state index in [2.05, 4.69) is 12.2 Å². The Morgan fingerprint density at radius 2 is 2.00 bits per heavy atom. The molecule has 4 nitrogen and oxygen atoms in total. The molecule has 106 valence electrons. The predicted octanol–water partition coefficient (Wildman–Crippen LogP) is 1.83. The van der Waals surface area contributed by atoms with E-state index in [-0.39, 0.29) is 6.04 Å². The van der Waals surface area contributed by atoms with Crippen LogP contribution in [0.3, 0.4) is 0 Å².